The lowest BCUT2D eigenvalue weighted by molar-refractivity contribution is 0.0609. The zero-order valence-corrected chi connectivity index (χ0v) is 13.1. The fourth-order valence-corrected chi connectivity index (χ4v) is 4.00. The highest BCUT2D eigenvalue weighted by Gasteiger charge is 2.32. The number of thioether (sulfide) groups is 1. The maximum Gasteiger partial charge on any atom is 0.0869 e. The molecule has 4 heteroatoms. The zero-order chi connectivity index (χ0) is 13.7. The largest absolute Gasteiger partial charge is 0.388 e. The van der Waals surface area contributed by atoms with Gasteiger partial charge in [0.25, 0.3) is 0 Å². The average Bonchev–Trinajstić information content (AvgIpc) is 2.83. The predicted molar refractivity (Wildman–Crippen MR) is 83.8 cm³/mol. The number of piperidine rings is 1. The highest BCUT2D eigenvalue weighted by molar-refractivity contribution is 7.99. The van der Waals surface area contributed by atoms with Crippen LogP contribution in [0.15, 0.2) is 11.6 Å². The molecular weight excluding hydrogens is 256 g/mol. The van der Waals surface area contributed by atoms with Crippen molar-refractivity contribution in [3.05, 3.63) is 11.6 Å². The standard InChI is InChI=1S/C15H28N2OS/c1-13(2)3-7-17-8-4-14(5-9-17)16-11-15(18)6-10-19-12-15/h3,14,16,18H,4-12H2,1-2H3. The van der Waals surface area contributed by atoms with E-state index in [1.54, 1.807) is 0 Å². The van der Waals surface area contributed by atoms with E-state index in [1.165, 1.54) is 31.5 Å². The number of allylic oxidation sites excluding steroid dienone is 1. The lowest BCUT2D eigenvalue weighted by Crippen LogP contribution is -2.48. The molecule has 19 heavy (non-hydrogen) atoms. The summed E-state index contributed by atoms with van der Waals surface area (Å²) in [5, 5.41) is 13.9. The Bertz CT molecular complexity index is 301. The summed E-state index contributed by atoms with van der Waals surface area (Å²) in [6, 6.07) is 0.595. The maximum atomic E-state index is 10.3. The second-order valence-corrected chi connectivity index (χ2v) is 7.37. The Balaban J connectivity index is 1.64. The van der Waals surface area contributed by atoms with E-state index >= 15 is 0 Å². The smallest absolute Gasteiger partial charge is 0.0869 e. The summed E-state index contributed by atoms with van der Waals surface area (Å²) in [5.41, 5.74) is 0.963. The quantitative estimate of drug-likeness (QED) is 0.756. The molecule has 2 saturated heterocycles. The molecule has 0 saturated carbocycles. The first-order chi connectivity index (χ1) is 9.07. The number of hydrogen-bond acceptors (Lipinski definition) is 4. The molecule has 2 rings (SSSR count). The van der Waals surface area contributed by atoms with E-state index < -0.39 is 5.60 Å². The van der Waals surface area contributed by atoms with Crippen LogP contribution in [-0.2, 0) is 0 Å². The molecule has 3 nitrogen and oxygen atoms in total. The van der Waals surface area contributed by atoms with Crippen LogP contribution in [0.3, 0.4) is 0 Å². The van der Waals surface area contributed by atoms with Gasteiger partial charge in [-0.05, 0) is 52.0 Å². The molecule has 0 spiro atoms. The first-order valence-electron chi connectivity index (χ1n) is 7.47. The number of aliphatic hydroxyl groups is 1. The molecule has 0 aromatic heterocycles. The molecule has 2 N–H and O–H groups in total. The number of likely N-dealkylation sites (tertiary alicyclic amines) is 1. The van der Waals surface area contributed by atoms with Crippen LogP contribution < -0.4 is 5.32 Å². The van der Waals surface area contributed by atoms with Gasteiger partial charge in [0.2, 0.25) is 0 Å². The highest BCUT2D eigenvalue weighted by Crippen LogP contribution is 2.27. The summed E-state index contributed by atoms with van der Waals surface area (Å²) >= 11 is 1.87. The van der Waals surface area contributed by atoms with Crippen molar-refractivity contribution in [3.8, 4) is 0 Å². The van der Waals surface area contributed by atoms with Crippen LogP contribution in [0.1, 0.15) is 33.1 Å². The second-order valence-electron chi connectivity index (χ2n) is 6.26. The van der Waals surface area contributed by atoms with Crippen LogP contribution in [0.4, 0.5) is 0 Å². The van der Waals surface area contributed by atoms with Crippen molar-refractivity contribution in [2.75, 3.05) is 37.7 Å². The maximum absolute atomic E-state index is 10.3. The second kappa shape index (κ2) is 7.11. The minimum absolute atomic E-state index is 0.441. The van der Waals surface area contributed by atoms with Crippen molar-refractivity contribution in [1.82, 2.24) is 10.2 Å². The molecule has 0 bridgehead atoms. The first kappa shape index (κ1) is 15.4. The van der Waals surface area contributed by atoms with Gasteiger partial charge < -0.3 is 10.4 Å². The molecule has 2 aliphatic heterocycles. The van der Waals surface area contributed by atoms with Gasteiger partial charge in [-0.25, -0.2) is 0 Å². The van der Waals surface area contributed by atoms with E-state index in [1.807, 2.05) is 11.8 Å². The Morgan fingerprint density at radius 3 is 2.74 bits per heavy atom. The van der Waals surface area contributed by atoms with Crippen molar-refractivity contribution in [3.63, 3.8) is 0 Å². The Labute approximate surface area is 121 Å². The van der Waals surface area contributed by atoms with E-state index in [0.29, 0.717) is 6.04 Å². The summed E-state index contributed by atoms with van der Waals surface area (Å²) in [7, 11) is 0. The van der Waals surface area contributed by atoms with Gasteiger partial charge in [0, 0.05) is 24.9 Å². The third kappa shape index (κ3) is 5.10. The van der Waals surface area contributed by atoms with Gasteiger partial charge in [0.15, 0.2) is 0 Å². The number of nitrogens with one attached hydrogen (secondary N) is 1. The normalized spacial score (nSPS) is 29.6. The lowest BCUT2D eigenvalue weighted by atomic mass is 10.0. The van der Waals surface area contributed by atoms with Gasteiger partial charge in [-0.2, -0.15) is 11.8 Å². The van der Waals surface area contributed by atoms with Crippen LogP contribution in [0, 0.1) is 0 Å². The van der Waals surface area contributed by atoms with Crippen molar-refractivity contribution in [2.45, 2.75) is 44.8 Å². The number of rotatable bonds is 5. The van der Waals surface area contributed by atoms with Crippen molar-refractivity contribution in [2.24, 2.45) is 0 Å². The monoisotopic (exact) mass is 284 g/mol. The summed E-state index contributed by atoms with van der Waals surface area (Å²) in [6.45, 7) is 8.54. The summed E-state index contributed by atoms with van der Waals surface area (Å²) in [4.78, 5) is 2.52. The molecule has 0 aromatic carbocycles. The van der Waals surface area contributed by atoms with E-state index in [0.717, 1.165) is 31.0 Å². The molecule has 0 radical (unpaired) electrons. The molecule has 2 aliphatic rings. The third-order valence-electron chi connectivity index (χ3n) is 4.15. The fraction of sp³-hybridized carbons (Fsp3) is 0.867. The molecule has 0 aromatic rings. The van der Waals surface area contributed by atoms with Gasteiger partial charge in [0.1, 0.15) is 0 Å². The lowest BCUT2D eigenvalue weighted by Gasteiger charge is -2.33. The van der Waals surface area contributed by atoms with E-state index in [2.05, 4.69) is 30.1 Å². The van der Waals surface area contributed by atoms with E-state index in [-0.39, 0.29) is 0 Å². The Kier molecular flexibility index (Phi) is 5.75. The molecule has 0 amide bonds. The Morgan fingerprint density at radius 2 is 2.16 bits per heavy atom. The summed E-state index contributed by atoms with van der Waals surface area (Å²) in [5.74, 6) is 2.01. The summed E-state index contributed by atoms with van der Waals surface area (Å²) in [6.07, 6.45) is 5.68. The van der Waals surface area contributed by atoms with E-state index in [9.17, 15) is 5.11 Å². The minimum atomic E-state index is -0.441. The molecular formula is C15H28N2OS. The molecule has 0 aliphatic carbocycles. The molecule has 2 fully saturated rings. The SMILES string of the molecule is CC(C)=CCN1CCC(NCC2(O)CCSC2)CC1. The zero-order valence-electron chi connectivity index (χ0n) is 12.3. The van der Waals surface area contributed by atoms with Crippen LogP contribution >= 0.6 is 11.8 Å². The molecule has 2 heterocycles. The summed E-state index contributed by atoms with van der Waals surface area (Å²) < 4.78 is 0. The first-order valence-corrected chi connectivity index (χ1v) is 8.62. The number of nitrogens with zero attached hydrogens (tertiary/aromatic N) is 1. The minimum Gasteiger partial charge on any atom is -0.388 e. The van der Waals surface area contributed by atoms with E-state index in [4.69, 9.17) is 0 Å². The van der Waals surface area contributed by atoms with Gasteiger partial charge in [-0.15, -0.1) is 0 Å². The van der Waals surface area contributed by atoms with Gasteiger partial charge in [0.05, 0.1) is 5.60 Å². The third-order valence-corrected chi connectivity index (χ3v) is 5.38. The predicted octanol–water partition coefficient (Wildman–Crippen LogP) is 1.87. The van der Waals surface area contributed by atoms with Gasteiger partial charge in [-0.3, -0.25) is 4.90 Å². The van der Waals surface area contributed by atoms with Crippen molar-refractivity contribution >= 4 is 11.8 Å². The Hall–Kier alpha value is -0.0300. The Morgan fingerprint density at radius 1 is 1.42 bits per heavy atom. The average molecular weight is 284 g/mol. The van der Waals surface area contributed by atoms with Crippen LogP contribution in [0.5, 0.6) is 0 Å². The van der Waals surface area contributed by atoms with Crippen molar-refractivity contribution in [1.29, 1.82) is 0 Å². The fourth-order valence-electron chi connectivity index (χ4n) is 2.70. The number of hydrogen-bond donors (Lipinski definition) is 2. The molecule has 1 unspecified atom stereocenters. The highest BCUT2D eigenvalue weighted by atomic mass is 32.2. The van der Waals surface area contributed by atoms with Gasteiger partial charge in [-0.1, -0.05) is 11.6 Å². The van der Waals surface area contributed by atoms with Gasteiger partial charge >= 0.3 is 0 Å². The topological polar surface area (TPSA) is 35.5 Å². The van der Waals surface area contributed by atoms with Crippen LogP contribution in [0.2, 0.25) is 0 Å². The van der Waals surface area contributed by atoms with Crippen LogP contribution in [-0.4, -0.2) is 59.3 Å². The van der Waals surface area contributed by atoms with Crippen LogP contribution in [0.25, 0.3) is 0 Å². The van der Waals surface area contributed by atoms with Crippen molar-refractivity contribution < 1.29 is 5.11 Å². The molecule has 1 atom stereocenters. The molecule has 110 valence electrons.